The van der Waals surface area contributed by atoms with Crippen LogP contribution in [0.5, 0.6) is 11.5 Å². The zero-order valence-electron chi connectivity index (χ0n) is 40.1. The Hall–Kier alpha value is -6.20. The second-order valence-corrected chi connectivity index (χ2v) is 22.4. The van der Waals surface area contributed by atoms with Crippen molar-refractivity contribution >= 4 is 79.0 Å². The van der Waals surface area contributed by atoms with Gasteiger partial charge in [-0.1, -0.05) is 156 Å². The molecule has 10 rings (SSSR count). The molecule has 0 fully saturated rings. The number of benzene rings is 7. The van der Waals surface area contributed by atoms with Crippen molar-refractivity contribution < 1.29 is 4.74 Å². The Bertz CT molecular complexity index is 3050. The van der Waals surface area contributed by atoms with E-state index in [4.69, 9.17) is 4.74 Å². The molecule has 3 heterocycles. The predicted octanol–water partition coefficient (Wildman–Crippen LogP) is 14.4. The van der Waals surface area contributed by atoms with E-state index in [1.54, 1.807) is 0 Å². The lowest BCUT2D eigenvalue weighted by atomic mass is 9.33. The third-order valence-electron chi connectivity index (χ3n) is 13.9. The van der Waals surface area contributed by atoms with Gasteiger partial charge in [-0.05, 0) is 121 Å². The minimum Gasteiger partial charge on any atom is -0.458 e. The van der Waals surface area contributed by atoms with E-state index in [0.717, 1.165) is 39.9 Å². The van der Waals surface area contributed by atoms with Crippen LogP contribution in [-0.2, 0) is 28.7 Å². The fourth-order valence-corrected chi connectivity index (χ4v) is 10.2. The summed E-state index contributed by atoms with van der Waals surface area (Å²) in [6.45, 7) is 27.4. The first-order chi connectivity index (χ1) is 30.2. The predicted molar refractivity (Wildman–Crippen MR) is 276 cm³/mol. The van der Waals surface area contributed by atoms with Crippen molar-refractivity contribution in [3.63, 3.8) is 0 Å². The highest BCUT2D eigenvalue weighted by Crippen LogP contribution is 2.48. The van der Waals surface area contributed by atoms with Crippen molar-refractivity contribution in [1.82, 2.24) is 4.57 Å². The van der Waals surface area contributed by atoms with E-state index in [9.17, 15) is 0 Å². The first-order valence-electron chi connectivity index (χ1n) is 23.1. The van der Waals surface area contributed by atoms with Gasteiger partial charge in [0.25, 0.3) is 6.71 Å². The molecule has 1 aromatic heterocycles. The summed E-state index contributed by atoms with van der Waals surface area (Å²) in [5, 5.41) is 2.44. The standard InChI is InChI=1S/C59H62BN3O/c1-56(2,3)37-21-28-41(29-22-37)62(42-30-23-38(24-31-42)57(4,5)6)49-36-51-54(55-52(49)44-17-14-15-18-46(44)61(55)13)60-45-35-40(59(10,11)12)27-34-47(45)63(48-19-16-20-50(64-51)53(48)60)43-32-25-39(26-33-43)58(7,8)9/h14-36H,1-13H3. The lowest BCUT2D eigenvalue weighted by Crippen LogP contribution is -2.60. The van der Waals surface area contributed by atoms with Gasteiger partial charge in [-0.25, -0.2) is 0 Å². The summed E-state index contributed by atoms with van der Waals surface area (Å²) in [4.78, 5) is 4.92. The van der Waals surface area contributed by atoms with Crippen LogP contribution in [-0.4, -0.2) is 11.3 Å². The van der Waals surface area contributed by atoms with Gasteiger partial charge in [0.15, 0.2) is 0 Å². The maximum Gasteiger partial charge on any atom is 0.259 e. The van der Waals surface area contributed by atoms with E-state index in [-0.39, 0.29) is 28.4 Å². The minimum absolute atomic E-state index is 0.0289. The second kappa shape index (κ2) is 14.4. The van der Waals surface area contributed by atoms with Gasteiger partial charge in [-0.2, -0.15) is 0 Å². The van der Waals surface area contributed by atoms with Crippen molar-refractivity contribution in [1.29, 1.82) is 0 Å². The summed E-state index contributed by atoms with van der Waals surface area (Å²) >= 11 is 0. The van der Waals surface area contributed by atoms with Crippen molar-refractivity contribution in [3.8, 4) is 11.5 Å². The summed E-state index contributed by atoms with van der Waals surface area (Å²) in [5.41, 5.74) is 18.2. The lowest BCUT2D eigenvalue weighted by Gasteiger charge is -2.41. The van der Waals surface area contributed by atoms with E-state index < -0.39 is 0 Å². The molecule has 322 valence electrons. The number of hydrogen-bond donors (Lipinski definition) is 0. The number of fused-ring (bicyclic) bond motifs is 8. The van der Waals surface area contributed by atoms with Gasteiger partial charge in [-0.3, -0.25) is 0 Å². The van der Waals surface area contributed by atoms with Crippen LogP contribution in [0.2, 0.25) is 0 Å². The molecule has 8 aromatic rings. The van der Waals surface area contributed by atoms with E-state index in [1.165, 1.54) is 66.1 Å². The van der Waals surface area contributed by atoms with Crippen molar-refractivity contribution in [2.24, 2.45) is 7.05 Å². The zero-order chi connectivity index (χ0) is 45.2. The van der Waals surface area contributed by atoms with Gasteiger partial charge in [0.05, 0.1) is 5.69 Å². The monoisotopic (exact) mass is 839 g/mol. The number of rotatable bonds is 4. The molecule has 64 heavy (non-hydrogen) atoms. The Morgan fingerprint density at radius 1 is 0.484 bits per heavy atom. The highest BCUT2D eigenvalue weighted by Gasteiger charge is 2.45. The molecule has 7 aromatic carbocycles. The van der Waals surface area contributed by atoms with Crippen LogP contribution >= 0.6 is 0 Å². The van der Waals surface area contributed by atoms with Gasteiger partial charge in [-0.15, -0.1) is 0 Å². The summed E-state index contributed by atoms with van der Waals surface area (Å²) in [5.74, 6) is 1.79. The van der Waals surface area contributed by atoms with Gasteiger partial charge in [0.2, 0.25) is 0 Å². The maximum atomic E-state index is 7.37. The summed E-state index contributed by atoms with van der Waals surface area (Å²) < 4.78 is 9.80. The second-order valence-electron chi connectivity index (χ2n) is 22.4. The first-order valence-corrected chi connectivity index (χ1v) is 23.1. The van der Waals surface area contributed by atoms with Gasteiger partial charge < -0.3 is 19.1 Å². The topological polar surface area (TPSA) is 20.6 Å². The Kier molecular flexibility index (Phi) is 9.41. The van der Waals surface area contributed by atoms with Crippen molar-refractivity contribution in [2.45, 2.75) is 105 Å². The molecule has 5 heteroatoms. The average molecular weight is 840 g/mol. The number of anilines is 6. The van der Waals surface area contributed by atoms with E-state index in [1.807, 2.05) is 0 Å². The zero-order valence-corrected chi connectivity index (χ0v) is 40.1. The van der Waals surface area contributed by atoms with Gasteiger partial charge in [0, 0.05) is 63.4 Å². The smallest absolute Gasteiger partial charge is 0.259 e. The Labute approximate surface area is 381 Å². The number of hydrogen-bond acceptors (Lipinski definition) is 3. The maximum absolute atomic E-state index is 7.37. The number of para-hydroxylation sites is 1. The molecule has 0 saturated carbocycles. The summed E-state index contributed by atoms with van der Waals surface area (Å²) in [6, 6.07) is 52.7. The van der Waals surface area contributed by atoms with Crippen LogP contribution < -0.4 is 30.9 Å². The molecule has 0 spiro atoms. The molecular formula is C59H62BN3O. The molecule has 0 atom stereocenters. The lowest BCUT2D eigenvalue weighted by molar-refractivity contribution is 0.488. The molecule has 2 aliphatic rings. The summed E-state index contributed by atoms with van der Waals surface area (Å²) in [6.07, 6.45) is 0. The average Bonchev–Trinajstić information content (AvgIpc) is 3.54. The summed E-state index contributed by atoms with van der Waals surface area (Å²) in [7, 11) is 2.25. The molecule has 0 N–H and O–H groups in total. The molecule has 4 nitrogen and oxygen atoms in total. The fraction of sp³-hybridized carbons (Fsp3) is 0.288. The molecular weight excluding hydrogens is 777 g/mol. The number of ether oxygens (including phenoxy) is 1. The molecule has 0 aliphatic carbocycles. The van der Waals surface area contributed by atoms with Crippen LogP contribution in [0, 0.1) is 0 Å². The molecule has 2 aliphatic heterocycles. The number of aromatic nitrogens is 1. The molecule has 0 saturated heterocycles. The molecule has 0 unspecified atom stereocenters. The van der Waals surface area contributed by atoms with Crippen molar-refractivity contribution in [3.05, 3.63) is 162 Å². The van der Waals surface area contributed by atoms with Crippen LogP contribution in [0.15, 0.2) is 140 Å². The molecule has 0 bridgehead atoms. The number of aryl methyl sites for hydroxylation is 1. The van der Waals surface area contributed by atoms with E-state index in [0.29, 0.717) is 0 Å². The van der Waals surface area contributed by atoms with Crippen LogP contribution in [0.25, 0.3) is 21.8 Å². The van der Waals surface area contributed by atoms with Crippen molar-refractivity contribution in [2.75, 3.05) is 9.80 Å². The van der Waals surface area contributed by atoms with Gasteiger partial charge >= 0.3 is 0 Å². The third kappa shape index (κ3) is 6.73. The Morgan fingerprint density at radius 2 is 1.02 bits per heavy atom. The van der Waals surface area contributed by atoms with Gasteiger partial charge in [0.1, 0.15) is 11.5 Å². The fourth-order valence-electron chi connectivity index (χ4n) is 10.2. The van der Waals surface area contributed by atoms with E-state index >= 15 is 0 Å². The first kappa shape index (κ1) is 41.8. The highest BCUT2D eigenvalue weighted by molar-refractivity contribution is 7.00. The molecule has 0 amide bonds. The normalized spacial score (nSPS) is 13.8. The Morgan fingerprint density at radius 3 is 1.58 bits per heavy atom. The van der Waals surface area contributed by atoms with E-state index in [2.05, 4.69) is 244 Å². The van der Waals surface area contributed by atoms with Crippen LogP contribution in [0.1, 0.15) is 105 Å². The van der Waals surface area contributed by atoms with Crippen LogP contribution in [0.3, 0.4) is 0 Å². The highest BCUT2D eigenvalue weighted by atomic mass is 16.5. The SMILES string of the molecule is Cn1c2ccccc2c2c(N(c3ccc(C(C)(C)C)cc3)c3ccc(C(C)(C)C)cc3)cc3c(c21)B1c2cc(C(C)(C)C)ccc2N(c2ccc(C(C)(C)C)cc2)c2cccc(c21)O3. The largest absolute Gasteiger partial charge is 0.458 e. The van der Waals surface area contributed by atoms with Crippen LogP contribution in [0.4, 0.5) is 34.1 Å². The quantitative estimate of drug-likeness (QED) is 0.165. The Balaban J connectivity index is 1.28. The third-order valence-corrected chi connectivity index (χ3v) is 13.9. The molecule has 0 radical (unpaired) electrons. The number of nitrogens with zero attached hydrogens (tertiary/aromatic N) is 3. The minimum atomic E-state index is -0.0810.